The zero-order chi connectivity index (χ0) is 11.5. The molecule has 0 radical (unpaired) electrons. The highest BCUT2D eigenvalue weighted by molar-refractivity contribution is 5.91. The highest BCUT2D eigenvalue weighted by Crippen LogP contribution is 2.15. The molecule has 1 aromatic heterocycles. The lowest BCUT2D eigenvalue weighted by atomic mass is 10.2. The molecule has 0 N–H and O–H groups in total. The molecule has 0 aliphatic carbocycles. The van der Waals surface area contributed by atoms with Crippen LogP contribution in [0, 0.1) is 0 Å². The summed E-state index contributed by atoms with van der Waals surface area (Å²) in [5.74, 6) is 0.214. The van der Waals surface area contributed by atoms with Crippen molar-refractivity contribution >= 4 is 11.9 Å². The van der Waals surface area contributed by atoms with E-state index in [2.05, 4.69) is 16.7 Å². The quantitative estimate of drug-likeness (QED) is 0.733. The van der Waals surface area contributed by atoms with Crippen molar-refractivity contribution in [2.24, 2.45) is 0 Å². The van der Waals surface area contributed by atoms with Gasteiger partial charge in [-0.15, -0.1) is 0 Å². The molecule has 1 aromatic carbocycles. The first-order valence-electron chi connectivity index (χ1n) is 4.87. The minimum Gasteiger partial charge on any atom is -0.291 e. The fraction of sp³-hybridized carbons (Fsp3) is 0.0833. The van der Waals surface area contributed by atoms with E-state index in [1.54, 1.807) is 6.08 Å². The number of nitrogens with zero attached hydrogens (tertiary/aromatic N) is 3. The monoisotopic (exact) mass is 213 g/mol. The maximum Gasteiger partial charge on any atom is 0.199 e. The van der Waals surface area contributed by atoms with Gasteiger partial charge in [0.25, 0.3) is 0 Å². The number of para-hydroxylation sites is 1. The van der Waals surface area contributed by atoms with Crippen LogP contribution in [0.15, 0.2) is 37.2 Å². The molecule has 4 heteroatoms. The van der Waals surface area contributed by atoms with Crippen molar-refractivity contribution in [3.63, 3.8) is 0 Å². The Balaban J connectivity index is 2.63. The van der Waals surface area contributed by atoms with Crippen molar-refractivity contribution in [2.75, 3.05) is 0 Å². The second kappa shape index (κ2) is 4.10. The van der Waals surface area contributed by atoms with Gasteiger partial charge >= 0.3 is 0 Å². The maximum atomic E-state index is 11.4. The first kappa shape index (κ1) is 10.3. The number of aromatic nitrogens is 3. The van der Waals surface area contributed by atoms with Crippen molar-refractivity contribution in [1.29, 1.82) is 0 Å². The molecule has 0 saturated carbocycles. The summed E-state index contributed by atoms with van der Waals surface area (Å²) in [5, 5.41) is 4.05. The summed E-state index contributed by atoms with van der Waals surface area (Å²) in [7, 11) is 0. The minimum atomic E-state index is -0.114. The van der Waals surface area contributed by atoms with Crippen LogP contribution in [-0.4, -0.2) is 20.5 Å². The van der Waals surface area contributed by atoms with Gasteiger partial charge in [-0.2, -0.15) is 5.10 Å². The predicted molar refractivity (Wildman–Crippen MR) is 61.5 cm³/mol. The van der Waals surface area contributed by atoms with Crippen LogP contribution in [0.5, 0.6) is 0 Å². The largest absolute Gasteiger partial charge is 0.291 e. The summed E-state index contributed by atoms with van der Waals surface area (Å²) in [6.07, 6.45) is 3.09. The van der Waals surface area contributed by atoms with Crippen LogP contribution in [-0.2, 0) is 0 Å². The Bertz CT molecular complexity index is 543. The topological polar surface area (TPSA) is 47.8 Å². The number of carbonyl (C=O) groups excluding carboxylic acids is 1. The van der Waals surface area contributed by atoms with Gasteiger partial charge in [0, 0.05) is 6.92 Å². The standard InChI is InChI=1S/C12H11N3O/c1-3-10-6-4-5-7-11(10)15-12(9(2)16)13-8-14-15/h3-8H,1H2,2H3. The molecule has 2 rings (SSSR count). The fourth-order valence-electron chi connectivity index (χ4n) is 1.51. The highest BCUT2D eigenvalue weighted by Gasteiger charge is 2.12. The van der Waals surface area contributed by atoms with Gasteiger partial charge in [-0.1, -0.05) is 30.9 Å². The number of Topliss-reactive ketones (excluding diaryl/α,β-unsaturated/α-hetero) is 1. The maximum absolute atomic E-state index is 11.4. The SMILES string of the molecule is C=Cc1ccccc1-n1ncnc1C(C)=O. The van der Waals surface area contributed by atoms with Crippen molar-refractivity contribution in [3.8, 4) is 5.69 Å². The Morgan fingerprint density at radius 1 is 1.44 bits per heavy atom. The molecule has 4 nitrogen and oxygen atoms in total. The summed E-state index contributed by atoms with van der Waals surface area (Å²) in [6, 6.07) is 7.57. The molecule has 80 valence electrons. The Hall–Kier alpha value is -2.23. The average Bonchev–Trinajstić information content (AvgIpc) is 2.77. The van der Waals surface area contributed by atoms with Gasteiger partial charge in [0.05, 0.1) is 5.69 Å². The second-order valence-corrected chi connectivity index (χ2v) is 3.31. The van der Waals surface area contributed by atoms with Crippen LogP contribution in [0.25, 0.3) is 11.8 Å². The molecule has 0 saturated heterocycles. The molecule has 2 aromatic rings. The minimum absolute atomic E-state index is 0.114. The van der Waals surface area contributed by atoms with Crippen molar-refractivity contribution in [1.82, 2.24) is 14.8 Å². The summed E-state index contributed by atoms with van der Waals surface area (Å²) < 4.78 is 1.53. The van der Waals surface area contributed by atoms with E-state index in [9.17, 15) is 4.79 Å². The molecule has 0 spiro atoms. The second-order valence-electron chi connectivity index (χ2n) is 3.31. The van der Waals surface area contributed by atoms with E-state index in [0.717, 1.165) is 11.3 Å². The molecule has 0 fully saturated rings. The summed E-state index contributed by atoms with van der Waals surface area (Å²) >= 11 is 0. The van der Waals surface area contributed by atoms with E-state index in [1.165, 1.54) is 17.9 Å². The Morgan fingerprint density at radius 2 is 2.19 bits per heavy atom. The van der Waals surface area contributed by atoms with Gasteiger partial charge in [-0.05, 0) is 11.6 Å². The first-order valence-corrected chi connectivity index (χ1v) is 4.87. The van der Waals surface area contributed by atoms with Gasteiger partial charge in [-0.3, -0.25) is 4.79 Å². The van der Waals surface area contributed by atoms with E-state index in [-0.39, 0.29) is 5.78 Å². The third kappa shape index (κ3) is 1.65. The van der Waals surface area contributed by atoms with Gasteiger partial charge in [0.15, 0.2) is 11.6 Å². The van der Waals surface area contributed by atoms with Gasteiger partial charge < -0.3 is 0 Å². The Morgan fingerprint density at radius 3 is 2.88 bits per heavy atom. The van der Waals surface area contributed by atoms with Gasteiger partial charge in [0.1, 0.15) is 6.33 Å². The lowest BCUT2D eigenvalue weighted by molar-refractivity contribution is 0.100. The molecule has 0 amide bonds. The number of hydrogen-bond donors (Lipinski definition) is 0. The number of hydrogen-bond acceptors (Lipinski definition) is 3. The lowest BCUT2D eigenvalue weighted by Crippen LogP contribution is -2.08. The summed E-state index contributed by atoms with van der Waals surface area (Å²) in [4.78, 5) is 15.3. The molecule has 0 unspecified atom stereocenters. The molecular formula is C12H11N3O. The predicted octanol–water partition coefficient (Wildman–Crippen LogP) is 2.11. The van der Waals surface area contributed by atoms with Crippen LogP contribution < -0.4 is 0 Å². The van der Waals surface area contributed by atoms with Crippen LogP contribution in [0.4, 0.5) is 0 Å². The molecule has 0 aliphatic heterocycles. The van der Waals surface area contributed by atoms with Gasteiger partial charge in [0.2, 0.25) is 0 Å². The molecule has 16 heavy (non-hydrogen) atoms. The lowest BCUT2D eigenvalue weighted by Gasteiger charge is -2.06. The van der Waals surface area contributed by atoms with E-state index in [4.69, 9.17) is 0 Å². The molecule has 1 heterocycles. The van der Waals surface area contributed by atoms with Crippen LogP contribution in [0.2, 0.25) is 0 Å². The Kier molecular flexibility index (Phi) is 2.64. The smallest absolute Gasteiger partial charge is 0.199 e. The first-order chi connectivity index (χ1) is 7.74. The van der Waals surface area contributed by atoms with Crippen LogP contribution >= 0.6 is 0 Å². The van der Waals surface area contributed by atoms with Gasteiger partial charge in [-0.25, -0.2) is 9.67 Å². The van der Waals surface area contributed by atoms with Crippen LogP contribution in [0.3, 0.4) is 0 Å². The summed E-state index contributed by atoms with van der Waals surface area (Å²) in [5.41, 5.74) is 1.72. The molecular weight excluding hydrogens is 202 g/mol. The molecule has 0 bridgehead atoms. The zero-order valence-corrected chi connectivity index (χ0v) is 8.92. The average molecular weight is 213 g/mol. The molecule has 0 atom stereocenters. The van der Waals surface area contributed by atoms with E-state index >= 15 is 0 Å². The van der Waals surface area contributed by atoms with E-state index in [0.29, 0.717) is 5.82 Å². The fourth-order valence-corrected chi connectivity index (χ4v) is 1.51. The van der Waals surface area contributed by atoms with Crippen molar-refractivity contribution < 1.29 is 4.79 Å². The normalized spacial score (nSPS) is 10.1. The third-order valence-corrected chi connectivity index (χ3v) is 2.25. The van der Waals surface area contributed by atoms with Crippen molar-refractivity contribution in [2.45, 2.75) is 6.92 Å². The van der Waals surface area contributed by atoms with Crippen LogP contribution in [0.1, 0.15) is 23.1 Å². The Labute approximate surface area is 93.2 Å². The van der Waals surface area contributed by atoms with E-state index in [1.807, 2.05) is 24.3 Å². The third-order valence-electron chi connectivity index (χ3n) is 2.25. The number of ketones is 1. The van der Waals surface area contributed by atoms with E-state index < -0.39 is 0 Å². The number of rotatable bonds is 3. The highest BCUT2D eigenvalue weighted by atomic mass is 16.1. The summed E-state index contributed by atoms with van der Waals surface area (Å²) in [6.45, 7) is 5.20. The molecule has 0 aliphatic rings. The number of carbonyl (C=O) groups is 1. The number of benzene rings is 1. The zero-order valence-electron chi connectivity index (χ0n) is 8.92. The van der Waals surface area contributed by atoms with Crippen molar-refractivity contribution in [3.05, 3.63) is 48.6 Å².